The van der Waals surface area contributed by atoms with E-state index >= 15 is 0 Å². The van der Waals surface area contributed by atoms with Crippen molar-refractivity contribution in [2.75, 3.05) is 32.9 Å². The lowest BCUT2D eigenvalue weighted by Crippen LogP contribution is -2.48. The van der Waals surface area contributed by atoms with Gasteiger partial charge in [0.15, 0.2) is 5.75 Å². The van der Waals surface area contributed by atoms with Crippen molar-refractivity contribution in [3.63, 3.8) is 0 Å². The standard InChI is InChI=1S/C29H27F2NO4S/c1-18-13-20(31)3-9-24(18)27(34)29-28(25-10-4-21(33)14-26(25)37-29)36-23-7-5-22(6-8-23)35-12-2-11-32-16-19(15-30)17-32/h3-10,13-14,19,33H,2,11-12,15-17H2,1H3. The summed E-state index contributed by atoms with van der Waals surface area (Å²) < 4.78 is 38.9. The number of carbonyl (C=O) groups excluding carboxylic acids is 1. The molecular weight excluding hydrogens is 496 g/mol. The van der Waals surface area contributed by atoms with Gasteiger partial charge in [0, 0.05) is 41.2 Å². The van der Waals surface area contributed by atoms with Gasteiger partial charge in [-0.05, 0) is 79.6 Å². The monoisotopic (exact) mass is 523 g/mol. The van der Waals surface area contributed by atoms with E-state index in [0.29, 0.717) is 49.9 Å². The average Bonchev–Trinajstić information content (AvgIpc) is 3.20. The zero-order valence-corrected chi connectivity index (χ0v) is 21.2. The number of hydrogen-bond donors (Lipinski definition) is 1. The van der Waals surface area contributed by atoms with Crippen LogP contribution < -0.4 is 9.47 Å². The lowest BCUT2D eigenvalue weighted by atomic mass is 10.0. The summed E-state index contributed by atoms with van der Waals surface area (Å²) in [6, 6.07) is 16.1. The number of aromatic hydroxyl groups is 1. The van der Waals surface area contributed by atoms with Gasteiger partial charge < -0.3 is 19.5 Å². The molecular formula is C29H27F2NO4S. The Labute approximate surface area is 217 Å². The van der Waals surface area contributed by atoms with Crippen LogP contribution in [0.4, 0.5) is 8.78 Å². The second kappa shape index (κ2) is 10.9. The number of ether oxygens (including phenoxy) is 2. The van der Waals surface area contributed by atoms with Gasteiger partial charge in [-0.3, -0.25) is 9.18 Å². The summed E-state index contributed by atoms with van der Waals surface area (Å²) >= 11 is 1.22. The Hall–Kier alpha value is -3.49. The number of benzene rings is 3. The molecule has 0 atom stereocenters. The SMILES string of the molecule is Cc1cc(F)ccc1C(=O)c1sc2cc(O)ccc2c1Oc1ccc(OCCCN2CC(CF)C2)cc1. The minimum atomic E-state index is -0.403. The van der Waals surface area contributed by atoms with Crippen LogP contribution in [0.25, 0.3) is 10.1 Å². The number of phenolic OH excluding ortho intramolecular Hbond substituents is 1. The molecule has 0 saturated carbocycles. The molecule has 37 heavy (non-hydrogen) atoms. The molecule has 0 spiro atoms. The van der Waals surface area contributed by atoms with Gasteiger partial charge in [0.1, 0.15) is 27.9 Å². The molecule has 3 aromatic carbocycles. The highest BCUT2D eigenvalue weighted by molar-refractivity contribution is 7.21. The van der Waals surface area contributed by atoms with Gasteiger partial charge in [0.05, 0.1) is 13.3 Å². The summed E-state index contributed by atoms with van der Waals surface area (Å²) in [5.41, 5.74) is 0.929. The largest absolute Gasteiger partial charge is 0.508 e. The summed E-state index contributed by atoms with van der Waals surface area (Å²) in [5.74, 6) is 1.24. The van der Waals surface area contributed by atoms with Crippen LogP contribution >= 0.6 is 11.3 Å². The topological polar surface area (TPSA) is 59.0 Å². The maximum atomic E-state index is 13.6. The van der Waals surface area contributed by atoms with Crippen LogP contribution in [0.2, 0.25) is 0 Å². The molecule has 0 amide bonds. The predicted octanol–water partition coefficient (Wildman–Crippen LogP) is 6.75. The molecule has 192 valence electrons. The van der Waals surface area contributed by atoms with E-state index < -0.39 is 5.82 Å². The first-order chi connectivity index (χ1) is 17.9. The molecule has 2 heterocycles. The van der Waals surface area contributed by atoms with Gasteiger partial charge in [0.2, 0.25) is 5.78 Å². The fourth-order valence-corrected chi connectivity index (χ4v) is 5.59. The number of halogens is 2. The highest BCUT2D eigenvalue weighted by Gasteiger charge is 2.26. The molecule has 1 aliphatic rings. The van der Waals surface area contributed by atoms with E-state index in [1.54, 1.807) is 37.3 Å². The maximum absolute atomic E-state index is 13.6. The van der Waals surface area contributed by atoms with Crippen molar-refractivity contribution in [1.82, 2.24) is 4.90 Å². The Balaban J connectivity index is 1.30. The van der Waals surface area contributed by atoms with Crippen LogP contribution in [-0.2, 0) is 0 Å². The quantitative estimate of drug-likeness (QED) is 0.184. The predicted molar refractivity (Wildman–Crippen MR) is 141 cm³/mol. The lowest BCUT2D eigenvalue weighted by Gasteiger charge is -2.37. The normalized spacial score (nSPS) is 14.0. The van der Waals surface area contributed by atoms with E-state index in [1.807, 2.05) is 12.1 Å². The molecule has 1 aromatic heterocycles. The Kier molecular flexibility index (Phi) is 7.39. The highest BCUT2D eigenvalue weighted by atomic mass is 32.1. The fourth-order valence-electron chi connectivity index (χ4n) is 4.47. The molecule has 1 aliphatic heterocycles. The number of hydrogen-bond acceptors (Lipinski definition) is 6. The van der Waals surface area contributed by atoms with Crippen molar-refractivity contribution in [2.24, 2.45) is 5.92 Å². The minimum absolute atomic E-state index is 0.0927. The summed E-state index contributed by atoms with van der Waals surface area (Å²) in [7, 11) is 0. The summed E-state index contributed by atoms with van der Waals surface area (Å²) in [6.45, 7) is 4.55. The van der Waals surface area contributed by atoms with Crippen LogP contribution in [0.3, 0.4) is 0 Å². The van der Waals surface area contributed by atoms with Crippen LogP contribution in [0, 0.1) is 18.7 Å². The van der Waals surface area contributed by atoms with E-state index in [4.69, 9.17) is 9.47 Å². The van der Waals surface area contributed by atoms with E-state index in [9.17, 15) is 18.7 Å². The Morgan fingerprint density at radius 1 is 1.08 bits per heavy atom. The number of nitrogens with zero attached hydrogens (tertiary/aromatic N) is 1. The molecule has 4 aromatic rings. The fraction of sp³-hybridized carbons (Fsp3) is 0.276. The number of alkyl halides is 1. The van der Waals surface area contributed by atoms with Gasteiger partial charge >= 0.3 is 0 Å². The Morgan fingerprint density at radius 3 is 2.57 bits per heavy atom. The first-order valence-corrected chi connectivity index (χ1v) is 13.0. The average molecular weight is 524 g/mol. The van der Waals surface area contributed by atoms with Crippen LogP contribution in [-0.4, -0.2) is 48.7 Å². The van der Waals surface area contributed by atoms with Crippen molar-refractivity contribution in [1.29, 1.82) is 0 Å². The number of ketones is 1. The van der Waals surface area contributed by atoms with Gasteiger partial charge in [-0.1, -0.05) is 0 Å². The smallest absolute Gasteiger partial charge is 0.207 e. The Morgan fingerprint density at radius 2 is 1.84 bits per heavy atom. The molecule has 0 bridgehead atoms. The number of carbonyl (C=O) groups is 1. The van der Waals surface area contributed by atoms with Crippen molar-refractivity contribution >= 4 is 27.2 Å². The Bertz CT molecular complexity index is 1410. The zero-order chi connectivity index (χ0) is 25.9. The second-order valence-corrected chi connectivity index (χ2v) is 10.3. The van der Waals surface area contributed by atoms with Crippen molar-refractivity contribution in [3.8, 4) is 23.0 Å². The van der Waals surface area contributed by atoms with E-state index in [1.165, 1.54) is 29.5 Å². The number of fused-ring (bicyclic) bond motifs is 1. The summed E-state index contributed by atoms with van der Waals surface area (Å²) in [5, 5.41) is 10.6. The number of rotatable bonds is 10. The molecule has 8 heteroatoms. The molecule has 5 rings (SSSR count). The first kappa shape index (κ1) is 25.2. The zero-order valence-electron chi connectivity index (χ0n) is 20.4. The number of likely N-dealkylation sites (tertiary alicyclic amines) is 1. The van der Waals surface area contributed by atoms with Crippen LogP contribution in [0.5, 0.6) is 23.0 Å². The van der Waals surface area contributed by atoms with Gasteiger partial charge in [0.25, 0.3) is 0 Å². The van der Waals surface area contributed by atoms with Crippen molar-refractivity contribution in [2.45, 2.75) is 13.3 Å². The molecule has 1 fully saturated rings. The van der Waals surface area contributed by atoms with Gasteiger partial charge in [-0.25, -0.2) is 4.39 Å². The van der Waals surface area contributed by atoms with Gasteiger partial charge in [-0.2, -0.15) is 0 Å². The number of aryl methyl sites for hydroxylation is 1. The lowest BCUT2D eigenvalue weighted by molar-refractivity contribution is 0.0755. The summed E-state index contributed by atoms with van der Waals surface area (Å²) in [4.78, 5) is 16.1. The van der Waals surface area contributed by atoms with Crippen LogP contribution in [0.1, 0.15) is 27.2 Å². The first-order valence-electron chi connectivity index (χ1n) is 12.2. The van der Waals surface area contributed by atoms with Crippen molar-refractivity contribution in [3.05, 3.63) is 82.5 Å². The van der Waals surface area contributed by atoms with Gasteiger partial charge in [-0.15, -0.1) is 11.3 Å². The molecule has 0 aliphatic carbocycles. The van der Waals surface area contributed by atoms with E-state index in [0.717, 1.165) is 26.1 Å². The molecule has 0 radical (unpaired) electrons. The molecule has 0 unspecified atom stereocenters. The molecule has 1 saturated heterocycles. The van der Waals surface area contributed by atoms with Crippen LogP contribution in [0.15, 0.2) is 60.7 Å². The third kappa shape index (κ3) is 5.60. The minimum Gasteiger partial charge on any atom is -0.508 e. The van der Waals surface area contributed by atoms with E-state index in [-0.39, 0.29) is 24.1 Å². The summed E-state index contributed by atoms with van der Waals surface area (Å²) in [6.07, 6.45) is 0.860. The molecule has 5 nitrogen and oxygen atoms in total. The number of phenols is 1. The third-order valence-electron chi connectivity index (χ3n) is 6.45. The maximum Gasteiger partial charge on any atom is 0.207 e. The molecule has 1 N–H and O–H groups in total. The third-order valence-corrected chi connectivity index (χ3v) is 7.58. The van der Waals surface area contributed by atoms with Crippen molar-refractivity contribution < 1.29 is 28.2 Å². The second-order valence-electron chi connectivity index (χ2n) is 9.28. The number of thiophene rings is 1. The van der Waals surface area contributed by atoms with E-state index in [2.05, 4.69) is 4.90 Å². The highest BCUT2D eigenvalue weighted by Crippen LogP contribution is 2.43.